The minimum atomic E-state index is -3.60. The van der Waals surface area contributed by atoms with Crippen LogP contribution in [0.2, 0.25) is 10.0 Å². The van der Waals surface area contributed by atoms with Crippen molar-refractivity contribution in [2.24, 2.45) is 0 Å². The number of ether oxygens (including phenoxy) is 1. The SMILES string of the molecule is CCCCNC(=O)[C@H](CC)N(Cc1ccc(Cl)c(Cl)c1)C(=O)CCCN(c1cccc(OC)c1)S(C)(=O)=O. The van der Waals surface area contributed by atoms with E-state index < -0.39 is 16.1 Å². The highest BCUT2D eigenvalue weighted by atomic mass is 35.5. The van der Waals surface area contributed by atoms with Crippen molar-refractivity contribution in [1.29, 1.82) is 0 Å². The summed E-state index contributed by atoms with van der Waals surface area (Å²) in [5.74, 6) is 0.0519. The Bertz CT molecular complexity index is 1190. The number of nitrogens with zero attached hydrogens (tertiary/aromatic N) is 2. The van der Waals surface area contributed by atoms with Crippen LogP contribution in [0.4, 0.5) is 5.69 Å². The molecule has 0 aliphatic heterocycles. The van der Waals surface area contributed by atoms with Crippen LogP contribution in [-0.2, 0) is 26.2 Å². The number of methoxy groups -OCH3 is 1. The van der Waals surface area contributed by atoms with E-state index in [9.17, 15) is 18.0 Å². The zero-order valence-electron chi connectivity index (χ0n) is 22.4. The second-order valence-electron chi connectivity index (χ2n) is 8.98. The number of carbonyl (C=O) groups excluding carboxylic acids is 2. The lowest BCUT2D eigenvalue weighted by molar-refractivity contribution is -0.141. The van der Waals surface area contributed by atoms with Crippen molar-refractivity contribution in [3.8, 4) is 5.75 Å². The van der Waals surface area contributed by atoms with Crippen LogP contribution in [0.3, 0.4) is 0 Å². The molecule has 210 valence electrons. The lowest BCUT2D eigenvalue weighted by Crippen LogP contribution is -2.49. The standard InChI is InChI=1S/C27H37Cl2N3O5S/c1-5-7-15-30-27(34)25(6-2)31(19-20-13-14-23(28)24(29)17-20)26(33)12-9-16-32(38(4,35)36)21-10-8-11-22(18-21)37-3/h8,10-11,13-14,17-18,25H,5-7,9,12,15-16,19H2,1-4H3,(H,30,34)/t25-/m0/s1. The summed E-state index contributed by atoms with van der Waals surface area (Å²) in [6, 6.07) is 11.2. The normalized spacial score (nSPS) is 12.1. The third-order valence-electron chi connectivity index (χ3n) is 6.05. The Balaban J connectivity index is 2.23. The first-order valence-electron chi connectivity index (χ1n) is 12.6. The first kappa shape index (κ1) is 31.7. The van der Waals surface area contributed by atoms with Gasteiger partial charge >= 0.3 is 0 Å². The smallest absolute Gasteiger partial charge is 0.242 e. The van der Waals surface area contributed by atoms with Gasteiger partial charge in [0.2, 0.25) is 21.8 Å². The minimum absolute atomic E-state index is 0.0516. The summed E-state index contributed by atoms with van der Waals surface area (Å²) < 4.78 is 31.5. The summed E-state index contributed by atoms with van der Waals surface area (Å²) in [7, 11) is -2.10. The van der Waals surface area contributed by atoms with E-state index in [0.717, 1.165) is 24.7 Å². The number of anilines is 1. The fraction of sp³-hybridized carbons (Fsp3) is 0.481. The topological polar surface area (TPSA) is 96.0 Å². The molecule has 2 rings (SSSR count). The van der Waals surface area contributed by atoms with Crippen molar-refractivity contribution in [3.05, 3.63) is 58.1 Å². The maximum Gasteiger partial charge on any atom is 0.242 e. The van der Waals surface area contributed by atoms with Crippen LogP contribution in [0, 0.1) is 0 Å². The van der Waals surface area contributed by atoms with Gasteiger partial charge in [-0.25, -0.2) is 8.42 Å². The Morgan fingerprint density at radius 1 is 1.05 bits per heavy atom. The highest BCUT2D eigenvalue weighted by Gasteiger charge is 2.29. The third kappa shape index (κ3) is 9.36. The van der Waals surface area contributed by atoms with Crippen molar-refractivity contribution in [1.82, 2.24) is 10.2 Å². The molecule has 0 aliphatic rings. The van der Waals surface area contributed by atoms with Gasteiger partial charge in [-0.3, -0.25) is 13.9 Å². The summed E-state index contributed by atoms with van der Waals surface area (Å²) >= 11 is 12.2. The second-order valence-corrected chi connectivity index (χ2v) is 11.7. The Morgan fingerprint density at radius 3 is 2.39 bits per heavy atom. The average Bonchev–Trinajstić information content (AvgIpc) is 2.87. The molecule has 0 heterocycles. The molecule has 0 spiro atoms. The number of hydrogen-bond donors (Lipinski definition) is 1. The summed E-state index contributed by atoms with van der Waals surface area (Å²) in [5.41, 5.74) is 1.19. The maximum atomic E-state index is 13.5. The molecular formula is C27H37Cl2N3O5S. The van der Waals surface area contributed by atoms with Crippen molar-refractivity contribution >= 4 is 50.7 Å². The van der Waals surface area contributed by atoms with Crippen molar-refractivity contribution in [2.45, 2.75) is 58.5 Å². The Morgan fingerprint density at radius 2 is 1.79 bits per heavy atom. The monoisotopic (exact) mass is 585 g/mol. The molecule has 0 aliphatic carbocycles. The van der Waals surface area contributed by atoms with Crippen molar-refractivity contribution < 1.29 is 22.7 Å². The number of carbonyl (C=O) groups is 2. The molecule has 0 saturated carbocycles. The van der Waals surface area contributed by atoms with Crippen molar-refractivity contribution in [2.75, 3.05) is 30.8 Å². The van der Waals surface area contributed by atoms with Gasteiger partial charge in [0.15, 0.2) is 0 Å². The van der Waals surface area contributed by atoms with Crippen molar-refractivity contribution in [3.63, 3.8) is 0 Å². The van der Waals surface area contributed by atoms with E-state index in [1.807, 2.05) is 13.8 Å². The predicted octanol–water partition coefficient (Wildman–Crippen LogP) is 5.27. The molecule has 0 radical (unpaired) electrons. The summed E-state index contributed by atoms with van der Waals surface area (Å²) in [6.45, 7) is 4.69. The van der Waals surface area contributed by atoms with E-state index in [4.69, 9.17) is 27.9 Å². The van der Waals surface area contributed by atoms with E-state index in [1.165, 1.54) is 16.3 Å². The second kappa shape index (κ2) is 15.2. The van der Waals surface area contributed by atoms with Gasteiger partial charge in [0.1, 0.15) is 11.8 Å². The number of benzene rings is 2. The van der Waals surface area contributed by atoms with Crippen LogP contribution in [0.25, 0.3) is 0 Å². The molecular weight excluding hydrogens is 549 g/mol. The molecule has 38 heavy (non-hydrogen) atoms. The summed E-state index contributed by atoms with van der Waals surface area (Å²) in [4.78, 5) is 28.1. The molecule has 2 amide bonds. The van der Waals surface area contributed by atoms with Gasteiger partial charge in [-0.05, 0) is 49.1 Å². The predicted molar refractivity (Wildman–Crippen MR) is 153 cm³/mol. The van der Waals surface area contributed by atoms with Crippen LogP contribution in [-0.4, -0.2) is 57.6 Å². The molecule has 0 fully saturated rings. The molecule has 0 aromatic heterocycles. The number of sulfonamides is 1. The van der Waals surface area contributed by atoms with Gasteiger partial charge < -0.3 is 15.0 Å². The van der Waals surface area contributed by atoms with Crippen LogP contribution in [0.5, 0.6) is 5.75 Å². The lowest BCUT2D eigenvalue weighted by atomic mass is 10.1. The number of unbranched alkanes of at least 4 members (excludes halogenated alkanes) is 1. The van der Waals surface area contributed by atoms with Crippen LogP contribution in [0.15, 0.2) is 42.5 Å². The summed E-state index contributed by atoms with van der Waals surface area (Å²) in [6.07, 6.45) is 3.63. The fourth-order valence-corrected chi connectivity index (χ4v) is 5.31. The molecule has 0 bridgehead atoms. The number of rotatable bonds is 15. The Labute approximate surface area is 236 Å². The molecule has 0 unspecified atom stereocenters. The zero-order chi connectivity index (χ0) is 28.3. The first-order chi connectivity index (χ1) is 18.0. The molecule has 1 atom stereocenters. The van der Waals surface area contributed by atoms with Gasteiger partial charge in [0.25, 0.3) is 0 Å². The maximum absolute atomic E-state index is 13.5. The molecule has 11 heteroatoms. The molecule has 1 N–H and O–H groups in total. The molecule has 8 nitrogen and oxygen atoms in total. The number of nitrogens with one attached hydrogen (secondary N) is 1. The summed E-state index contributed by atoms with van der Waals surface area (Å²) in [5, 5.41) is 3.68. The molecule has 2 aromatic rings. The van der Waals surface area contributed by atoms with Gasteiger partial charge in [0, 0.05) is 32.1 Å². The van der Waals surface area contributed by atoms with Gasteiger partial charge in [-0.15, -0.1) is 0 Å². The van der Waals surface area contributed by atoms with Gasteiger partial charge in [0.05, 0.1) is 29.1 Å². The van der Waals surface area contributed by atoms with E-state index in [0.29, 0.717) is 34.4 Å². The van der Waals surface area contributed by atoms with Crippen LogP contribution in [0.1, 0.15) is 51.5 Å². The van der Waals surface area contributed by atoms with Gasteiger partial charge in [-0.1, -0.05) is 55.6 Å². The van der Waals surface area contributed by atoms with E-state index in [2.05, 4.69) is 5.32 Å². The third-order valence-corrected chi connectivity index (χ3v) is 7.98. The molecule has 2 aromatic carbocycles. The number of hydrogen-bond acceptors (Lipinski definition) is 5. The highest BCUT2D eigenvalue weighted by Crippen LogP contribution is 2.26. The van der Waals surface area contributed by atoms with E-state index in [-0.39, 0.29) is 37.7 Å². The van der Waals surface area contributed by atoms with Crippen LogP contribution < -0.4 is 14.4 Å². The largest absolute Gasteiger partial charge is 0.497 e. The van der Waals surface area contributed by atoms with E-state index in [1.54, 1.807) is 42.5 Å². The number of amides is 2. The molecule has 0 saturated heterocycles. The van der Waals surface area contributed by atoms with Crippen LogP contribution >= 0.6 is 23.2 Å². The highest BCUT2D eigenvalue weighted by molar-refractivity contribution is 7.92. The Kier molecular flexibility index (Phi) is 12.7. The van der Waals surface area contributed by atoms with Gasteiger partial charge in [-0.2, -0.15) is 0 Å². The van der Waals surface area contributed by atoms with E-state index >= 15 is 0 Å². The zero-order valence-corrected chi connectivity index (χ0v) is 24.7. The first-order valence-corrected chi connectivity index (χ1v) is 15.2. The number of halogens is 2. The average molecular weight is 587 g/mol. The Hall–Kier alpha value is -2.49. The fourth-order valence-electron chi connectivity index (χ4n) is 4.03. The minimum Gasteiger partial charge on any atom is -0.497 e. The lowest BCUT2D eigenvalue weighted by Gasteiger charge is -2.31. The quantitative estimate of drug-likeness (QED) is 0.287.